The molecule has 1 aliphatic rings. The Kier molecular flexibility index (Phi) is 2.80. The van der Waals surface area contributed by atoms with E-state index in [0.29, 0.717) is 0 Å². The smallest absolute Gasteiger partial charge is 0.126 e. The normalized spacial score (nSPS) is 29.5. The average Bonchev–Trinajstić information content (AvgIpc) is 2.29. The number of hydrogen-bond donors (Lipinski definition) is 1. The van der Waals surface area contributed by atoms with Crippen molar-refractivity contribution in [3.63, 3.8) is 0 Å². The molecular formula is C14H18F2O2. The van der Waals surface area contributed by atoms with Crippen LogP contribution < -0.4 is 0 Å². The Morgan fingerprint density at radius 2 is 1.56 bits per heavy atom. The monoisotopic (exact) mass is 256 g/mol. The average molecular weight is 256 g/mol. The maximum Gasteiger partial charge on any atom is 0.126 e. The summed E-state index contributed by atoms with van der Waals surface area (Å²) in [5.74, 6) is -1.39. The van der Waals surface area contributed by atoms with Crippen molar-refractivity contribution in [2.75, 3.05) is 0 Å². The molecule has 1 fully saturated rings. The minimum absolute atomic E-state index is 0.218. The molecule has 1 aromatic carbocycles. The standard InChI is InChI=1S/C14H18F2O2/c1-12(2)8-14(17,13(3,4)18-12)9-5-10(15)7-11(16)6-9/h5-7,17H,8H2,1-4H3. The van der Waals surface area contributed by atoms with E-state index >= 15 is 0 Å². The number of ether oxygens (including phenoxy) is 1. The van der Waals surface area contributed by atoms with Gasteiger partial charge in [-0.15, -0.1) is 0 Å². The topological polar surface area (TPSA) is 29.5 Å². The SMILES string of the molecule is CC1(C)CC(O)(c2cc(F)cc(F)c2)C(C)(C)O1. The van der Waals surface area contributed by atoms with E-state index in [-0.39, 0.29) is 12.0 Å². The second kappa shape index (κ2) is 3.75. The minimum Gasteiger partial charge on any atom is -0.382 e. The van der Waals surface area contributed by atoms with Crippen molar-refractivity contribution in [3.05, 3.63) is 35.4 Å². The van der Waals surface area contributed by atoms with E-state index in [2.05, 4.69) is 0 Å². The molecule has 0 aromatic heterocycles. The lowest BCUT2D eigenvalue weighted by atomic mass is 9.77. The zero-order chi connectivity index (χ0) is 13.8. The van der Waals surface area contributed by atoms with Crippen LogP contribution in [0.1, 0.15) is 39.7 Å². The fraction of sp³-hybridized carbons (Fsp3) is 0.571. The second-order valence-corrected chi connectivity index (χ2v) is 6.07. The van der Waals surface area contributed by atoms with E-state index < -0.39 is 28.4 Å². The van der Waals surface area contributed by atoms with E-state index in [0.717, 1.165) is 18.2 Å². The fourth-order valence-corrected chi connectivity index (χ4v) is 2.88. The van der Waals surface area contributed by atoms with Gasteiger partial charge in [-0.2, -0.15) is 0 Å². The van der Waals surface area contributed by atoms with Gasteiger partial charge in [0.15, 0.2) is 0 Å². The first-order chi connectivity index (χ1) is 8.06. The van der Waals surface area contributed by atoms with Crippen molar-refractivity contribution in [2.45, 2.75) is 50.9 Å². The van der Waals surface area contributed by atoms with E-state index in [1.807, 2.05) is 13.8 Å². The van der Waals surface area contributed by atoms with Crippen LogP contribution >= 0.6 is 0 Å². The first-order valence-corrected chi connectivity index (χ1v) is 5.95. The van der Waals surface area contributed by atoms with Crippen molar-refractivity contribution in [1.82, 2.24) is 0 Å². The third kappa shape index (κ3) is 2.04. The quantitative estimate of drug-likeness (QED) is 0.836. The molecule has 0 amide bonds. The molecule has 4 heteroatoms. The Labute approximate surface area is 106 Å². The van der Waals surface area contributed by atoms with Crippen LogP contribution in [0.2, 0.25) is 0 Å². The largest absolute Gasteiger partial charge is 0.382 e. The molecule has 1 N–H and O–H groups in total. The summed E-state index contributed by atoms with van der Waals surface area (Å²) in [4.78, 5) is 0. The van der Waals surface area contributed by atoms with E-state index in [1.54, 1.807) is 13.8 Å². The van der Waals surface area contributed by atoms with Gasteiger partial charge in [-0.3, -0.25) is 0 Å². The first-order valence-electron chi connectivity index (χ1n) is 5.95. The Hall–Kier alpha value is -1.00. The van der Waals surface area contributed by atoms with Gasteiger partial charge >= 0.3 is 0 Å². The van der Waals surface area contributed by atoms with E-state index in [1.165, 1.54) is 0 Å². The molecule has 0 spiro atoms. The van der Waals surface area contributed by atoms with Crippen LogP contribution in [0.15, 0.2) is 18.2 Å². The lowest BCUT2D eigenvalue weighted by Crippen LogP contribution is -2.43. The van der Waals surface area contributed by atoms with Crippen LogP contribution in [-0.4, -0.2) is 16.3 Å². The molecule has 0 aliphatic carbocycles. The van der Waals surface area contributed by atoms with Gasteiger partial charge in [-0.05, 0) is 45.4 Å². The summed E-state index contributed by atoms with van der Waals surface area (Å²) in [7, 11) is 0. The van der Waals surface area contributed by atoms with Crippen LogP contribution in [0.5, 0.6) is 0 Å². The summed E-state index contributed by atoms with van der Waals surface area (Å²) in [6.07, 6.45) is 0.288. The number of aliphatic hydroxyl groups is 1. The number of halogens is 2. The van der Waals surface area contributed by atoms with Crippen molar-refractivity contribution < 1.29 is 18.6 Å². The molecule has 1 atom stereocenters. The Morgan fingerprint density at radius 3 is 1.94 bits per heavy atom. The number of benzene rings is 1. The lowest BCUT2D eigenvalue weighted by Gasteiger charge is -2.35. The van der Waals surface area contributed by atoms with Crippen LogP contribution in [0.3, 0.4) is 0 Å². The molecule has 0 radical (unpaired) electrons. The highest BCUT2D eigenvalue weighted by molar-refractivity contribution is 5.30. The van der Waals surface area contributed by atoms with E-state index in [4.69, 9.17) is 4.74 Å². The van der Waals surface area contributed by atoms with Crippen LogP contribution in [0.25, 0.3) is 0 Å². The van der Waals surface area contributed by atoms with Gasteiger partial charge in [0.25, 0.3) is 0 Å². The minimum atomic E-state index is -1.40. The molecule has 1 heterocycles. The number of hydrogen-bond acceptors (Lipinski definition) is 2. The van der Waals surface area contributed by atoms with Gasteiger partial charge in [-0.25, -0.2) is 8.78 Å². The summed E-state index contributed by atoms with van der Waals surface area (Å²) < 4.78 is 32.4. The van der Waals surface area contributed by atoms with Crippen LogP contribution in [0.4, 0.5) is 8.78 Å². The molecule has 18 heavy (non-hydrogen) atoms. The summed E-state index contributed by atoms with van der Waals surface area (Å²) in [5.41, 5.74) is -2.63. The Bertz CT molecular complexity index is 462. The third-order valence-corrected chi connectivity index (χ3v) is 3.55. The molecule has 1 unspecified atom stereocenters. The van der Waals surface area contributed by atoms with Gasteiger partial charge in [0.1, 0.15) is 17.2 Å². The molecule has 2 nitrogen and oxygen atoms in total. The molecule has 100 valence electrons. The Balaban J connectivity index is 2.54. The zero-order valence-electron chi connectivity index (χ0n) is 11.1. The maximum atomic E-state index is 13.3. The summed E-state index contributed by atoms with van der Waals surface area (Å²) >= 11 is 0. The molecule has 2 rings (SSSR count). The highest BCUT2D eigenvalue weighted by Crippen LogP contribution is 2.50. The molecule has 0 saturated carbocycles. The predicted molar refractivity (Wildman–Crippen MR) is 64.1 cm³/mol. The second-order valence-electron chi connectivity index (χ2n) is 6.07. The summed E-state index contributed by atoms with van der Waals surface area (Å²) in [6.45, 7) is 7.15. The van der Waals surface area contributed by atoms with Crippen LogP contribution in [-0.2, 0) is 10.3 Å². The van der Waals surface area contributed by atoms with Gasteiger partial charge in [0.05, 0.1) is 11.2 Å². The molecule has 1 saturated heterocycles. The molecule has 0 bridgehead atoms. The van der Waals surface area contributed by atoms with Gasteiger partial charge in [-0.1, -0.05) is 0 Å². The fourth-order valence-electron chi connectivity index (χ4n) is 2.88. The molecular weight excluding hydrogens is 238 g/mol. The van der Waals surface area contributed by atoms with Crippen molar-refractivity contribution >= 4 is 0 Å². The highest BCUT2D eigenvalue weighted by atomic mass is 19.1. The third-order valence-electron chi connectivity index (χ3n) is 3.55. The first kappa shape index (κ1) is 13.4. The van der Waals surface area contributed by atoms with E-state index in [9.17, 15) is 13.9 Å². The zero-order valence-corrected chi connectivity index (χ0v) is 11.1. The van der Waals surface area contributed by atoms with Crippen molar-refractivity contribution in [3.8, 4) is 0 Å². The Morgan fingerprint density at radius 1 is 1.06 bits per heavy atom. The van der Waals surface area contributed by atoms with Gasteiger partial charge in [0, 0.05) is 12.5 Å². The highest BCUT2D eigenvalue weighted by Gasteiger charge is 2.57. The molecule has 1 aromatic rings. The van der Waals surface area contributed by atoms with Gasteiger partial charge < -0.3 is 9.84 Å². The summed E-state index contributed by atoms with van der Waals surface area (Å²) in [6, 6.07) is 3.12. The summed E-state index contributed by atoms with van der Waals surface area (Å²) in [5, 5.41) is 10.8. The van der Waals surface area contributed by atoms with Crippen molar-refractivity contribution in [2.24, 2.45) is 0 Å². The molecule has 1 aliphatic heterocycles. The maximum absolute atomic E-state index is 13.3. The van der Waals surface area contributed by atoms with Crippen molar-refractivity contribution in [1.29, 1.82) is 0 Å². The number of rotatable bonds is 1. The lowest BCUT2D eigenvalue weighted by molar-refractivity contribution is -0.129. The van der Waals surface area contributed by atoms with Gasteiger partial charge in [0.2, 0.25) is 0 Å². The van der Waals surface area contributed by atoms with Crippen LogP contribution in [0, 0.1) is 11.6 Å². The predicted octanol–water partition coefficient (Wildman–Crippen LogP) is 3.13.